The summed E-state index contributed by atoms with van der Waals surface area (Å²) in [7, 11) is 7.35. The van der Waals surface area contributed by atoms with E-state index >= 15 is 0 Å². The molecule has 1 saturated heterocycles. The first-order valence-electron chi connectivity index (χ1n) is 20.1. The van der Waals surface area contributed by atoms with Crippen LogP contribution in [0.25, 0.3) is 50.3 Å². The van der Waals surface area contributed by atoms with Crippen LogP contribution in [0.4, 0.5) is 0 Å². The Bertz CT molecular complexity index is 2520. The quantitative estimate of drug-likeness (QED) is 0.127. The Labute approximate surface area is 343 Å². The maximum Gasteiger partial charge on any atom is 0.306 e. The Morgan fingerprint density at radius 2 is 1.66 bits per heavy atom. The number of hydrogen-bond acceptors (Lipinski definition) is 11. The lowest BCUT2D eigenvalue weighted by Crippen LogP contribution is -2.47. The second-order valence-electron chi connectivity index (χ2n) is 15.9. The van der Waals surface area contributed by atoms with E-state index in [-0.39, 0.29) is 18.0 Å². The summed E-state index contributed by atoms with van der Waals surface area (Å²) in [6, 6.07) is 22.6. The molecule has 1 aliphatic heterocycles. The maximum atomic E-state index is 11.5. The van der Waals surface area contributed by atoms with Crippen molar-refractivity contribution in [2.75, 3.05) is 41.5 Å². The van der Waals surface area contributed by atoms with Gasteiger partial charge in [0.2, 0.25) is 5.89 Å². The molecule has 4 aromatic carbocycles. The molecule has 0 bridgehead atoms. The second-order valence-corrected chi connectivity index (χ2v) is 15.9. The average molecular weight is 799 g/mol. The predicted octanol–water partition coefficient (Wildman–Crippen LogP) is 7.35. The van der Waals surface area contributed by atoms with E-state index in [0.717, 1.165) is 69.2 Å². The van der Waals surface area contributed by atoms with Crippen LogP contribution in [0.3, 0.4) is 0 Å². The van der Waals surface area contributed by atoms with Crippen molar-refractivity contribution in [1.82, 2.24) is 24.6 Å². The number of aliphatic hydroxyl groups is 1. The fourth-order valence-electron chi connectivity index (χ4n) is 9.05. The molecule has 0 radical (unpaired) electrons. The normalized spacial score (nSPS) is 19.7. The number of carboxylic acid groups (broad SMARTS) is 1. The van der Waals surface area contributed by atoms with Gasteiger partial charge in [-0.3, -0.25) is 14.6 Å². The first-order valence-corrected chi connectivity index (χ1v) is 20.1. The molecule has 6 aromatic rings. The second kappa shape index (κ2) is 16.8. The summed E-state index contributed by atoms with van der Waals surface area (Å²) in [6.07, 6.45) is 5.06. The SMILES string of the molecule is COc1cc(-n2ncc3c(-c4cccc(-c5nc6cc(CN(C)C7CCC(C(=O)O)CC7)cc(C#N)c6o5)c4C)cccc32)cc(OC)c1CN(C)[C@@H]1CCOC[C@@H]1O. The summed E-state index contributed by atoms with van der Waals surface area (Å²) in [6.45, 7) is 4.12. The van der Waals surface area contributed by atoms with Gasteiger partial charge in [0.05, 0.1) is 61.4 Å². The fourth-order valence-corrected chi connectivity index (χ4v) is 9.05. The van der Waals surface area contributed by atoms with E-state index in [1.54, 1.807) is 14.2 Å². The topological polar surface area (TPSA) is 159 Å². The number of aliphatic hydroxyl groups excluding tert-OH is 1. The summed E-state index contributed by atoms with van der Waals surface area (Å²) in [4.78, 5) is 20.8. The van der Waals surface area contributed by atoms with E-state index in [9.17, 15) is 20.3 Å². The number of likely N-dealkylation sites (N-methyl/N-ethyl adjacent to an activating group) is 1. The van der Waals surface area contributed by atoms with Gasteiger partial charge < -0.3 is 28.8 Å². The number of benzene rings is 4. The largest absolute Gasteiger partial charge is 0.496 e. The van der Waals surface area contributed by atoms with E-state index < -0.39 is 12.1 Å². The summed E-state index contributed by atoms with van der Waals surface area (Å²) in [5.41, 5.74) is 8.81. The molecule has 3 heterocycles. The van der Waals surface area contributed by atoms with E-state index in [0.29, 0.717) is 73.2 Å². The molecule has 59 heavy (non-hydrogen) atoms. The van der Waals surface area contributed by atoms with Crippen LogP contribution in [-0.4, -0.2) is 100 Å². The Balaban J connectivity index is 1.08. The van der Waals surface area contributed by atoms with Crippen molar-refractivity contribution < 1.29 is 33.6 Å². The van der Waals surface area contributed by atoms with Crippen molar-refractivity contribution in [3.8, 4) is 45.8 Å². The van der Waals surface area contributed by atoms with Gasteiger partial charge in [-0.2, -0.15) is 10.4 Å². The van der Waals surface area contributed by atoms with Crippen molar-refractivity contribution in [2.45, 2.75) is 70.3 Å². The van der Waals surface area contributed by atoms with Gasteiger partial charge in [-0.15, -0.1) is 0 Å². The van der Waals surface area contributed by atoms with Crippen LogP contribution in [0, 0.1) is 24.2 Å². The number of rotatable bonds is 12. The van der Waals surface area contributed by atoms with Gasteiger partial charge in [-0.1, -0.05) is 24.3 Å². The van der Waals surface area contributed by atoms with Gasteiger partial charge in [0.15, 0.2) is 5.58 Å². The molecule has 8 rings (SSSR count). The Hall–Kier alpha value is -5.78. The molecule has 0 amide bonds. The van der Waals surface area contributed by atoms with Gasteiger partial charge >= 0.3 is 5.97 Å². The fraction of sp³-hybridized carbons (Fsp3) is 0.391. The lowest BCUT2D eigenvalue weighted by Gasteiger charge is -2.35. The van der Waals surface area contributed by atoms with Crippen LogP contribution in [0.5, 0.6) is 11.5 Å². The molecular formula is C46H50N6O7. The van der Waals surface area contributed by atoms with Gasteiger partial charge in [-0.05, 0) is 99.6 Å². The third-order valence-corrected chi connectivity index (χ3v) is 12.3. The van der Waals surface area contributed by atoms with E-state index in [4.69, 9.17) is 28.7 Å². The number of aliphatic carboxylic acids is 1. The van der Waals surface area contributed by atoms with Crippen LogP contribution in [0.1, 0.15) is 54.4 Å². The molecule has 13 nitrogen and oxygen atoms in total. The summed E-state index contributed by atoms with van der Waals surface area (Å²) in [5, 5.41) is 36.0. The molecule has 2 N–H and O–H groups in total. The Morgan fingerprint density at radius 1 is 0.949 bits per heavy atom. The maximum absolute atomic E-state index is 11.5. The molecule has 0 spiro atoms. The Morgan fingerprint density at radius 3 is 2.36 bits per heavy atom. The highest BCUT2D eigenvalue weighted by atomic mass is 16.5. The molecule has 13 heteroatoms. The zero-order valence-corrected chi connectivity index (χ0v) is 34.1. The zero-order valence-electron chi connectivity index (χ0n) is 34.1. The molecule has 0 unspecified atom stereocenters. The number of carbonyl (C=O) groups is 1. The van der Waals surface area contributed by atoms with Gasteiger partial charge in [0.25, 0.3) is 0 Å². The molecule has 2 fully saturated rings. The van der Waals surface area contributed by atoms with Crippen molar-refractivity contribution in [1.29, 1.82) is 5.26 Å². The van der Waals surface area contributed by atoms with E-state index in [2.05, 4.69) is 42.0 Å². The number of fused-ring (bicyclic) bond motifs is 2. The van der Waals surface area contributed by atoms with Crippen molar-refractivity contribution >= 4 is 28.0 Å². The lowest BCUT2D eigenvalue weighted by atomic mass is 9.85. The van der Waals surface area contributed by atoms with Crippen LogP contribution >= 0.6 is 0 Å². The number of ether oxygens (including phenoxy) is 3. The first kappa shape index (κ1) is 40.0. The van der Waals surface area contributed by atoms with Gasteiger partial charge in [-0.25, -0.2) is 9.67 Å². The number of oxazole rings is 1. The molecule has 1 aliphatic carbocycles. The molecule has 1 saturated carbocycles. The third kappa shape index (κ3) is 7.77. The van der Waals surface area contributed by atoms with Crippen LogP contribution in [0.2, 0.25) is 0 Å². The van der Waals surface area contributed by atoms with Crippen molar-refractivity contribution in [3.63, 3.8) is 0 Å². The monoisotopic (exact) mass is 798 g/mol. The third-order valence-electron chi connectivity index (χ3n) is 12.3. The zero-order chi connectivity index (χ0) is 41.4. The van der Waals surface area contributed by atoms with E-state index in [1.165, 1.54) is 0 Å². The van der Waals surface area contributed by atoms with Gasteiger partial charge in [0.1, 0.15) is 23.1 Å². The minimum atomic E-state index is -0.708. The van der Waals surface area contributed by atoms with Gasteiger partial charge in [0, 0.05) is 54.9 Å². The minimum absolute atomic E-state index is 0.0406. The molecule has 306 valence electrons. The van der Waals surface area contributed by atoms with Crippen LogP contribution in [0.15, 0.2) is 71.3 Å². The van der Waals surface area contributed by atoms with Crippen molar-refractivity contribution in [2.24, 2.45) is 5.92 Å². The molecule has 2 atom stereocenters. The number of methoxy groups -OCH3 is 2. The Kier molecular flexibility index (Phi) is 11.4. The summed E-state index contributed by atoms with van der Waals surface area (Å²) < 4.78 is 25.6. The number of carboxylic acids is 1. The van der Waals surface area contributed by atoms with Crippen molar-refractivity contribution in [3.05, 3.63) is 89.1 Å². The summed E-state index contributed by atoms with van der Waals surface area (Å²) in [5.74, 6) is 0.784. The highest BCUT2D eigenvalue weighted by molar-refractivity contribution is 5.97. The number of hydrogen-bond donors (Lipinski definition) is 2. The lowest BCUT2D eigenvalue weighted by molar-refractivity contribution is -0.143. The molecule has 2 aromatic heterocycles. The van der Waals surface area contributed by atoms with E-state index in [1.807, 2.05) is 66.5 Å². The minimum Gasteiger partial charge on any atom is -0.496 e. The standard InChI is InChI=1S/C46H50N6O7/c1-27-33(8-6-9-34(27)45-49-38-19-28(18-30(22-47)44(38)59-45)24-50(2)31-14-12-29(13-15-31)46(54)55)35-10-7-11-39-36(35)23-48-52(39)32-20-42(56-4)37(43(21-32)57-5)25-51(3)40-16-17-58-26-41(40)53/h6-11,18-21,23,29,31,40-41,53H,12-17,24-26H2,1-5H3,(H,54,55)/t29?,31?,40-,41+/m1/s1. The smallest absolute Gasteiger partial charge is 0.306 e. The number of aromatic nitrogens is 3. The van der Waals surface area contributed by atoms with Crippen LogP contribution in [-0.2, 0) is 22.6 Å². The highest BCUT2D eigenvalue weighted by Crippen LogP contribution is 2.39. The van der Waals surface area contributed by atoms with Crippen LogP contribution < -0.4 is 9.47 Å². The first-order chi connectivity index (χ1) is 28.6. The highest BCUT2D eigenvalue weighted by Gasteiger charge is 2.30. The molecular weight excluding hydrogens is 749 g/mol. The molecule has 2 aliphatic rings. The predicted molar refractivity (Wildman–Crippen MR) is 224 cm³/mol. The summed E-state index contributed by atoms with van der Waals surface area (Å²) >= 11 is 0. The average Bonchev–Trinajstić information content (AvgIpc) is 3.89. The number of nitrogens with zero attached hydrogens (tertiary/aromatic N) is 6. The number of nitriles is 1.